The summed E-state index contributed by atoms with van der Waals surface area (Å²) in [5, 5.41) is 9.32. The van der Waals surface area contributed by atoms with Gasteiger partial charge in [0.15, 0.2) is 0 Å². The molecular weight excluding hydrogens is 275 g/mol. The fourth-order valence-electron chi connectivity index (χ4n) is 2.59. The van der Waals surface area contributed by atoms with Gasteiger partial charge in [-0.05, 0) is 25.8 Å². The zero-order valence-electron chi connectivity index (χ0n) is 10.6. The molecule has 0 amide bonds. The van der Waals surface area contributed by atoms with Crippen LogP contribution in [-0.2, 0) is 6.42 Å². The third-order valence-corrected chi connectivity index (χ3v) is 4.70. The van der Waals surface area contributed by atoms with Crippen LogP contribution in [0.2, 0.25) is 0 Å². The highest BCUT2D eigenvalue weighted by Gasteiger charge is 2.47. The molecule has 19 heavy (non-hydrogen) atoms. The van der Waals surface area contributed by atoms with E-state index in [2.05, 4.69) is 10.2 Å². The fourth-order valence-corrected chi connectivity index (χ4v) is 3.67. The van der Waals surface area contributed by atoms with E-state index in [1.807, 2.05) is 0 Å². The number of halogens is 3. The molecule has 1 saturated carbocycles. The van der Waals surface area contributed by atoms with E-state index in [1.165, 1.54) is 11.3 Å². The second kappa shape index (κ2) is 6.17. The fraction of sp³-hybridized carbons (Fsp3) is 0.833. The van der Waals surface area contributed by atoms with Gasteiger partial charge in [0.05, 0.1) is 5.92 Å². The van der Waals surface area contributed by atoms with Crippen LogP contribution >= 0.6 is 11.3 Å². The van der Waals surface area contributed by atoms with Gasteiger partial charge >= 0.3 is 6.18 Å². The van der Waals surface area contributed by atoms with Crippen LogP contribution in [0, 0.1) is 5.92 Å². The first-order valence-corrected chi connectivity index (χ1v) is 7.43. The number of nitrogens with two attached hydrogens (primary N) is 1. The number of alkyl halides is 3. The number of aryl methyl sites for hydroxylation is 1. The van der Waals surface area contributed by atoms with E-state index in [0.717, 1.165) is 17.8 Å². The van der Waals surface area contributed by atoms with E-state index in [1.54, 1.807) is 0 Å². The Morgan fingerprint density at radius 1 is 1.21 bits per heavy atom. The number of rotatable bonds is 4. The van der Waals surface area contributed by atoms with Crippen molar-refractivity contribution in [3.05, 3.63) is 10.0 Å². The van der Waals surface area contributed by atoms with Crippen LogP contribution in [0.5, 0.6) is 0 Å². The van der Waals surface area contributed by atoms with Crippen LogP contribution in [0.4, 0.5) is 13.2 Å². The summed E-state index contributed by atoms with van der Waals surface area (Å²) in [6.45, 7) is 0.559. The van der Waals surface area contributed by atoms with E-state index in [4.69, 9.17) is 5.73 Å². The van der Waals surface area contributed by atoms with Crippen LogP contribution in [0.3, 0.4) is 0 Å². The molecule has 1 aromatic heterocycles. The van der Waals surface area contributed by atoms with Crippen molar-refractivity contribution >= 4 is 11.3 Å². The highest BCUT2D eigenvalue weighted by molar-refractivity contribution is 7.11. The third kappa shape index (κ3) is 3.66. The van der Waals surface area contributed by atoms with Crippen molar-refractivity contribution in [3.8, 4) is 0 Å². The zero-order chi connectivity index (χ0) is 13.9. The molecule has 0 aliphatic heterocycles. The SMILES string of the molecule is NCCCc1nnc(C2CCCCC2C(F)(F)F)s1. The lowest BCUT2D eigenvalue weighted by atomic mass is 9.79. The lowest BCUT2D eigenvalue weighted by Gasteiger charge is -2.31. The van der Waals surface area contributed by atoms with Gasteiger partial charge in [-0.3, -0.25) is 0 Å². The van der Waals surface area contributed by atoms with Crippen molar-refractivity contribution < 1.29 is 13.2 Å². The third-order valence-electron chi connectivity index (χ3n) is 3.58. The minimum Gasteiger partial charge on any atom is -0.330 e. The Labute approximate surface area is 114 Å². The second-order valence-corrected chi connectivity index (χ2v) is 6.06. The van der Waals surface area contributed by atoms with Gasteiger partial charge in [-0.15, -0.1) is 21.5 Å². The average Bonchev–Trinajstić information content (AvgIpc) is 2.84. The maximum Gasteiger partial charge on any atom is 0.392 e. The summed E-state index contributed by atoms with van der Waals surface area (Å²) < 4.78 is 39.1. The van der Waals surface area contributed by atoms with Gasteiger partial charge in [-0.2, -0.15) is 13.2 Å². The summed E-state index contributed by atoms with van der Waals surface area (Å²) in [7, 11) is 0. The van der Waals surface area contributed by atoms with Crippen LogP contribution < -0.4 is 5.73 Å². The average molecular weight is 293 g/mol. The van der Waals surface area contributed by atoms with Crippen LogP contribution in [0.25, 0.3) is 0 Å². The predicted octanol–water partition coefficient (Wildman–Crippen LogP) is 3.27. The van der Waals surface area contributed by atoms with Gasteiger partial charge in [-0.25, -0.2) is 0 Å². The lowest BCUT2D eigenvalue weighted by molar-refractivity contribution is -0.187. The molecule has 2 N–H and O–H groups in total. The lowest BCUT2D eigenvalue weighted by Crippen LogP contribution is -2.31. The summed E-state index contributed by atoms with van der Waals surface area (Å²) in [6, 6.07) is 0. The molecule has 0 radical (unpaired) electrons. The van der Waals surface area contributed by atoms with Crippen molar-refractivity contribution in [2.75, 3.05) is 6.54 Å². The van der Waals surface area contributed by atoms with Crippen LogP contribution in [0.15, 0.2) is 0 Å². The molecule has 1 heterocycles. The van der Waals surface area contributed by atoms with Gasteiger partial charge in [0.1, 0.15) is 10.0 Å². The predicted molar refractivity (Wildman–Crippen MR) is 68.0 cm³/mol. The molecule has 0 spiro atoms. The van der Waals surface area contributed by atoms with E-state index in [9.17, 15) is 13.2 Å². The zero-order valence-corrected chi connectivity index (χ0v) is 11.4. The van der Waals surface area contributed by atoms with Crippen molar-refractivity contribution in [2.45, 2.75) is 50.6 Å². The Morgan fingerprint density at radius 3 is 2.63 bits per heavy atom. The van der Waals surface area contributed by atoms with Gasteiger partial charge in [0.2, 0.25) is 0 Å². The Kier molecular flexibility index (Phi) is 4.78. The van der Waals surface area contributed by atoms with Crippen molar-refractivity contribution in [2.24, 2.45) is 11.7 Å². The molecule has 2 unspecified atom stereocenters. The van der Waals surface area contributed by atoms with Gasteiger partial charge in [0.25, 0.3) is 0 Å². The van der Waals surface area contributed by atoms with E-state index < -0.39 is 18.0 Å². The Balaban J connectivity index is 2.11. The summed E-state index contributed by atoms with van der Waals surface area (Å²) in [4.78, 5) is 0. The molecular formula is C12H18F3N3S. The number of aromatic nitrogens is 2. The minimum atomic E-state index is -4.13. The molecule has 1 aliphatic carbocycles. The molecule has 0 aromatic carbocycles. The molecule has 0 saturated heterocycles. The van der Waals surface area contributed by atoms with E-state index in [0.29, 0.717) is 30.8 Å². The first kappa shape index (κ1) is 14.7. The number of hydrogen-bond acceptors (Lipinski definition) is 4. The molecule has 1 aromatic rings. The highest BCUT2D eigenvalue weighted by atomic mass is 32.1. The molecule has 2 atom stereocenters. The molecule has 3 nitrogen and oxygen atoms in total. The van der Waals surface area contributed by atoms with Crippen molar-refractivity contribution in [1.29, 1.82) is 0 Å². The van der Waals surface area contributed by atoms with E-state index in [-0.39, 0.29) is 6.42 Å². The summed E-state index contributed by atoms with van der Waals surface area (Å²) in [5.41, 5.74) is 5.41. The molecule has 108 valence electrons. The van der Waals surface area contributed by atoms with Crippen LogP contribution in [0.1, 0.15) is 48.0 Å². The number of nitrogens with zero attached hydrogens (tertiary/aromatic N) is 2. The summed E-state index contributed by atoms with van der Waals surface area (Å²) >= 11 is 1.32. The van der Waals surface area contributed by atoms with Crippen molar-refractivity contribution in [3.63, 3.8) is 0 Å². The standard InChI is InChI=1S/C12H18F3N3S/c13-12(14,15)9-5-2-1-4-8(9)11-18-17-10(19-11)6-3-7-16/h8-9H,1-7,16H2. The topological polar surface area (TPSA) is 51.8 Å². The van der Waals surface area contributed by atoms with E-state index >= 15 is 0 Å². The van der Waals surface area contributed by atoms with Crippen molar-refractivity contribution in [1.82, 2.24) is 10.2 Å². The molecule has 1 fully saturated rings. The molecule has 2 rings (SSSR count). The first-order valence-electron chi connectivity index (χ1n) is 6.61. The molecule has 7 heteroatoms. The van der Waals surface area contributed by atoms with Crippen LogP contribution in [-0.4, -0.2) is 22.9 Å². The van der Waals surface area contributed by atoms with Gasteiger partial charge < -0.3 is 5.73 Å². The Hall–Kier alpha value is -0.690. The monoisotopic (exact) mass is 293 g/mol. The smallest absolute Gasteiger partial charge is 0.330 e. The molecule has 1 aliphatic rings. The number of hydrogen-bond donors (Lipinski definition) is 1. The van der Waals surface area contributed by atoms with Gasteiger partial charge in [0, 0.05) is 12.3 Å². The first-order chi connectivity index (χ1) is 9.02. The summed E-state index contributed by atoms with van der Waals surface area (Å²) in [5.74, 6) is -1.76. The Bertz CT molecular complexity index is 405. The Morgan fingerprint density at radius 2 is 1.95 bits per heavy atom. The quantitative estimate of drug-likeness (QED) is 0.927. The maximum atomic E-state index is 13.0. The van der Waals surface area contributed by atoms with Gasteiger partial charge in [-0.1, -0.05) is 12.8 Å². The minimum absolute atomic E-state index is 0.214. The largest absolute Gasteiger partial charge is 0.392 e. The molecule has 0 bridgehead atoms. The normalized spacial score (nSPS) is 24.6. The highest BCUT2D eigenvalue weighted by Crippen LogP contribution is 2.46. The maximum absolute atomic E-state index is 13.0. The summed E-state index contributed by atoms with van der Waals surface area (Å²) in [6.07, 6.45) is -0.357. The second-order valence-electron chi connectivity index (χ2n) is 4.97.